The van der Waals surface area contributed by atoms with E-state index >= 15 is 0 Å². The van der Waals surface area contributed by atoms with Crippen molar-refractivity contribution in [2.24, 2.45) is 0 Å². The van der Waals surface area contributed by atoms with E-state index in [2.05, 4.69) is 21.2 Å². The molecule has 0 bridgehead atoms. The molecule has 0 aliphatic carbocycles. The summed E-state index contributed by atoms with van der Waals surface area (Å²) in [6.07, 6.45) is 1.77. The van der Waals surface area contributed by atoms with Crippen molar-refractivity contribution in [3.05, 3.63) is 84.6 Å². The van der Waals surface area contributed by atoms with Crippen LogP contribution in [0.1, 0.15) is 5.56 Å². The van der Waals surface area contributed by atoms with Crippen LogP contribution in [0.4, 0.5) is 0 Å². The lowest BCUT2D eigenvalue weighted by Gasteiger charge is -2.10. The zero-order valence-corrected chi connectivity index (χ0v) is 15.6. The summed E-state index contributed by atoms with van der Waals surface area (Å²) in [5, 5.41) is 9.67. The number of thioether (sulfide) groups is 1. The Morgan fingerprint density at radius 1 is 0.926 bits per heavy atom. The molecule has 0 N–H and O–H groups in total. The molecule has 0 saturated heterocycles. The van der Waals surface area contributed by atoms with Gasteiger partial charge in [-0.3, -0.25) is 9.55 Å². The summed E-state index contributed by atoms with van der Waals surface area (Å²) >= 11 is 1.64. The highest BCUT2D eigenvalue weighted by Crippen LogP contribution is 2.29. The number of hydrogen-bond donors (Lipinski definition) is 0. The van der Waals surface area contributed by atoms with E-state index in [0.717, 1.165) is 33.9 Å². The number of ether oxygens (including phenoxy) is 1. The monoisotopic (exact) mass is 374 g/mol. The largest absolute Gasteiger partial charge is 0.497 e. The van der Waals surface area contributed by atoms with Gasteiger partial charge in [0.15, 0.2) is 11.0 Å². The topological polar surface area (TPSA) is 52.8 Å². The van der Waals surface area contributed by atoms with E-state index in [4.69, 9.17) is 4.74 Å². The minimum absolute atomic E-state index is 0.731. The molecule has 0 aliphatic rings. The molecule has 5 nitrogen and oxygen atoms in total. The standard InChI is InChI=1S/C21H18N4OS/c1-26-18-11-7-8-16(14-18)15-27-21-24-23-20(19-12-5-6-13-22-19)25(21)17-9-3-2-4-10-17/h2-14H,15H2,1H3. The number of aromatic nitrogens is 4. The predicted molar refractivity (Wildman–Crippen MR) is 107 cm³/mol. The molecule has 0 spiro atoms. The van der Waals surface area contributed by atoms with Gasteiger partial charge in [0.05, 0.1) is 7.11 Å². The van der Waals surface area contributed by atoms with E-state index in [1.165, 1.54) is 5.56 Å². The number of nitrogens with zero attached hydrogens (tertiary/aromatic N) is 4. The van der Waals surface area contributed by atoms with E-state index in [1.807, 2.05) is 71.3 Å². The Morgan fingerprint density at radius 3 is 2.56 bits per heavy atom. The summed E-state index contributed by atoms with van der Waals surface area (Å²) in [5.41, 5.74) is 2.97. The minimum atomic E-state index is 0.731. The van der Waals surface area contributed by atoms with Crippen LogP contribution in [0, 0.1) is 0 Å². The molecule has 6 heteroatoms. The highest BCUT2D eigenvalue weighted by atomic mass is 32.2. The van der Waals surface area contributed by atoms with Crippen molar-refractivity contribution in [3.8, 4) is 23.0 Å². The molecule has 0 saturated carbocycles. The Hall–Kier alpha value is -3.12. The smallest absolute Gasteiger partial charge is 0.196 e. The first-order valence-corrected chi connectivity index (χ1v) is 9.51. The summed E-state index contributed by atoms with van der Waals surface area (Å²) in [5.74, 6) is 2.35. The van der Waals surface area contributed by atoms with E-state index in [9.17, 15) is 0 Å². The summed E-state index contributed by atoms with van der Waals surface area (Å²) < 4.78 is 7.36. The molecule has 0 amide bonds. The van der Waals surface area contributed by atoms with Gasteiger partial charge in [-0.15, -0.1) is 10.2 Å². The van der Waals surface area contributed by atoms with Gasteiger partial charge in [0, 0.05) is 17.6 Å². The molecule has 0 atom stereocenters. The van der Waals surface area contributed by atoms with Crippen molar-refractivity contribution in [2.75, 3.05) is 7.11 Å². The number of hydrogen-bond acceptors (Lipinski definition) is 5. The Balaban J connectivity index is 1.69. The first kappa shape index (κ1) is 17.3. The van der Waals surface area contributed by atoms with Crippen LogP contribution >= 0.6 is 11.8 Å². The lowest BCUT2D eigenvalue weighted by molar-refractivity contribution is 0.414. The molecule has 2 heterocycles. The molecule has 134 valence electrons. The summed E-state index contributed by atoms with van der Waals surface area (Å²) in [4.78, 5) is 4.44. The van der Waals surface area contributed by atoms with Gasteiger partial charge in [-0.05, 0) is 42.0 Å². The molecule has 0 fully saturated rings. The molecule has 0 aliphatic heterocycles. The molecule has 4 aromatic rings. The van der Waals surface area contributed by atoms with E-state index < -0.39 is 0 Å². The minimum Gasteiger partial charge on any atom is -0.497 e. The Morgan fingerprint density at radius 2 is 1.78 bits per heavy atom. The van der Waals surface area contributed by atoms with Crippen molar-refractivity contribution < 1.29 is 4.74 Å². The fourth-order valence-electron chi connectivity index (χ4n) is 2.74. The van der Waals surface area contributed by atoms with Crippen LogP contribution in [0.15, 0.2) is 84.1 Å². The molecule has 27 heavy (non-hydrogen) atoms. The number of methoxy groups -OCH3 is 1. The SMILES string of the molecule is COc1cccc(CSc2nnc(-c3ccccn3)n2-c2ccccc2)c1. The molecule has 0 unspecified atom stereocenters. The number of para-hydroxylation sites is 1. The van der Waals surface area contributed by atoms with Crippen molar-refractivity contribution in [2.45, 2.75) is 10.9 Å². The van der Waals surface area contributed by atoms with Gasteiger partial charge >= 0.3 is 0 Å². The van der Waals surface area contributed by atoms with Crippen LogP contribution in [0.3, 0.4) is 0 Å². The Kier molecular flexibility index (Phi) is 5.16. The maximum atomic E-state index is 5.31. The fraction of sp³-hybridized carbons (Fsp3) is 0.0952. The van der Waals surface area contributed by atoms with Crippen LogP contribution in [-0.2, 0) is 5.75 Å². The van der Waals surface area contributed by atoms with E-state index in [0.29, 0.717) is 0 Å². The van der Waals surface area contributed by atoms with E-state index in [-0.39, 0.29) is 0 Å². The zero-order valence-electron chi connectivity index (χ0n) is 14.8. The van der Waals surface area contributed by atoms with Gasteiger partial charge in [-0.2, -0.15) is 0 Å². The lowest BCUT2D eigenvalue weighted by Crippen LogP contribution is -2.00. The fourth-order valence-corrected chi connectivity index (χ4v) is 3.64. The molecule has 0 radical (unpaired) electrons. The van der Waals surface area contributed by atoms with Gasteiger partial charge in [-0.1, -0.05) is 48.2 Å². The van der Waals surface area contributed by atoms with Crippen LogP contribution in [0.5, 0.6) is 5.75 Å². The van der Waals surface area contributed by atoms with Gasteiger partial charge in [0.1, 0.15) is 11.4 Å². The van der Waals surface area contributed by atoms with Crippen molar-refractivity contribution >= 4 is 11.8 Å². The number of rotatable bonds is 6. The third-order valence-electron chi connectivity index (χ3n) is 4.04. The lowest BCUT2D eigenvalue weighted by atomic mass is 10.2. The normalized spacial score (nSPS) is 10.7. The average molecular weight is 374 g/mol. The average Bonchev–Trinajstić information content (AvgIpc) is 3.17. The van der Waals surface area contributed by atoms with E-state index in [1.54, 1.807) is 25.1 Å². The summed E-state index contributed by atoms with van der Waals surface area (Å²) in [6, 6.07) is 24.0. The first-order chi connectivity index (χ1) is 13.3. The maximum absolute atomic E-state index is 5.31. The molecular formula is C21H18N4OS. The van der Waals surface area contributed by atoms with Gasteiger partial charge in [-0.25, -0.2) is 0 Å². The molecular weight excluding hydrogens is 356 g/mol. The first-order valence-electron chi connectivity index (χ1n) is 8.53. The second kappa shape index (κ2) is 8.05. The zero-order chi connectivity index (χ0) is 18.5. The quantitative estimate of drug-likeness (QED) is 0.461. The van der Waals surface area contributed by atoms with Gasteiger partial charge in [0.25, 0.3) is 0 Å². The predicted octanol–water partition coefficient (Wildman–Crippen LogP) is 4.63. The molecule has 2 aromatic carbocycles. The Bertz CT molecular complexity index is 1020. The third-order valence-corrected chi connectivity index (χ3v) is 5.04. The van der Waals surface area contributed by atoms with Crippen molar-refractivity contribution in [3.63, 3.8) is 0 Å². The number of benzene rings is 2. The highest BCUT2D eigenvalue weighted by molar-refractivity contribution is 7.98. The Labute approximate surface area is 162 Å². The number of pyridine rings is 1. The second-order valence-electron chi connectivity index (χ2n) is 5.83. The van der Waals surface area contributed by atoms with Crippen molar-refractivity contribution in [1.29, 1.82) is 0 Å². The van der Waals surface area contributed by atoms with Gasteiger partial charge < -0.3 is 4.74 Å². The van der Waals surface area contributed by atoms with Crippen LogP contribution < -0.4 is 4.74 Å². The van der Waals surface area contributed by atoms with Gasteiger partial charge in [0.2, 0.25) is 0 Å². The van der Waals surface area contributed by atoms with Crippen LogP contribution in [0.25, 0.3) is 17.2 Å². The maximum Gasteiger partial charge on any atom is 0.196 e. The third kappa shape index (κ3) is 3.85. The van der Waals surface area contributed by atoms with Crippen LogP contribution in [0.2, 0.25) is 0 Å². The van der Waals surface area contributed by atoms with Crippen molar-refractivity contribution in [1.82, 2.24) is 19.7 Å². The summed E-state index contributed by atoms with van der Waals surface area (Å²) in [6.45, 7) is 0. The van der Waals surface area contributed by atoms with Crippen LogP contribution in [-0.4, -0.2) is 26.9 Å². The molecule has 2 aromatic heterocycles. The molecule has 4 rings (SSSR count). The highest BCUT2D eigenvalue weighted by Gasteiger charge is 2.16. The second-order valence-corrected chi connectivity index (χ2v) is 6.77. The summed E-state index contributed by atoms with van der Waals surface area (Å²) in [7, 11) is 1.68.